The van der Waals surface area contributed by atoms with Gasteiger partial charge < -0.3 is 20.7 Å². The predicted molar refractivity (Wildman–Crippen MR) is 86.3 cm³/mol. The molecular formula is C16H31N3O3. The maximum absolute atomic E-state index is 12.1. The van der Waals surface area contributed by atoms with E-state index < -0.39 is 12.3 Å². The van der Waals surface area contributed by atoms with Gasteiger partial charge in [0.05, 0.1) is 0 Å². The Balaban J connectivity index is 2.24. The molecule has 6 nitrogen and oxygen atoms in total. The van der Waals surface area contributed by atoms with Crippen LogP contribution in [0.25, 0.3) is 0 Å². The molecule has 0 aromatic carbocycles. The first-order valence-corrected chi connectivity index (χ1v) is 8.63. The summed E-state index contributed by atoms with van der Waals surface area (Å²) in [5, 5.41) is 2.74. The van der Waals surface area contributed by atoms with Crippen molar-refractivity contribution in [1.82, 2.24) is 10.2 Å². The van der Waals surface area contributed by atoms with Crippen LogP contribution in [0.1, 0.15) is 64.7 Å². The van der Waals surface area contributed by atoms with Gasteiger partial charge in [0.15, 0.2) is 6.23 Å². The zero-order valence-electron chi connectivity index (χ0n) is 13.8. The minimum Gasteiger partial charge on any atom is -0.425 e. The lowest BCUT2D eigenvalue weighted by atomic mass is 10.2. The third-order valence-electron chi connectivity index (χ3n) is 3.91. The van der Waals surface area contributed by atoms with Gasteiger partial charge in [-0.2, -0.15) is 0 Å². The molecule has 0 spiro atoms. The average molecular weight is 313 g/mol. The summed E-state index contributed by atoms with van der Waals surface area (Å²) in [7, 11) is 0. The predicted octanol–water partition coefficient (Wildman–Crippen LogP) is 2.37. The Bertz CT molecular complexity index is 337. The first-order chi connectivity index (χ1) is 10.7. The number of hydrogen-bond donors (Lipinski definition) is 2. The fraction of sp³-hybridized carbons (Fsp3) is 0.875. The van der Waals surface area contributed by atoms with Crippen molar-refractivity contribution in [2.45, 2.75) is 70.9 Å². The highest BCUT2D eigenvalue weighted by atomic mass is 16.6. The maximum Gasteiger partial charge on any atom is 0.409 e. The number of nitrogens with zero attached hydrogens (tertiary/aromatic N) is 1. The van der Waals surface area contributed by atoms with Gasteiger partial charge in [0.25, 0.3) is 0 Å². The van der Waals surface area contributed by atoms with E-state index in [4.69, 9.17) is 10.5 Å². The van der Waals surface area contributed by atoms with Crippen LogP contribution >= 0.6 is 0 Å². The molecule has 0 radical (unpaired) electrons. The molecule has 0 aliphatic carbocycles. The van der Waals surface area contributed by atoms with Gasteiger partial charge in [0.2, 0.25) is 5.91 Å². The number of nitrogens with two attached hydrogens (primary N) is 1. The van der Waals surface area contributed by atoms with Crippen molar-refractivity contribution in [3.63, 3.8) is 0 Å². The first-order valence-electron chi connectivity index (χ1n) is 8.63. The molecule has 0 saturated carbocycles. The Morgan fingerprint density at radius 1 is 1.23 bits per heavy atom. The van der Waals surface area contributed by atoms with Crippen LogP contribution in [0.3, 0.4) is 0 Å². The van der Waals surface area contributed by atoms with Crippen LogP contribution in [0.15, 0.2) is 0 Å². The SMILES string of the molecule is CCCCCC(=O)N1CCC[C@@H]1OC(=O)NCCCCCN. The van der Waals surface area contributed by atoms with Crippen molar-refractivity contribution in [2.75, 3.05) is 19.6 Å². The van der Waals surface area contributed by atoms with Crippen LogP contribution in [0.2, 0.25) is 0 Å². The van der Waals surface area contributed by atoms with Crippen LogP contribution < -0.4 is 11.1 Å². The number of rotatable bonds is 10. The third-order valence-corrected chi connectivity index (χ3v) is 3.91. The molecule has 6 heteroatoms. The minimum absolute atomic E-state index is 0.103. The molecule has 128 valence electrons. The Labute approximate surface area is 133 Å². The molecule has 0 unspecified atom stereocenters. The molecular weight excluding hydrogens is 282 g/mol. The smallest absolute Gasteiger partial charge is 0.409 e. The normalized spacial score (nSPS) is 17.5. The molecule has 22 heavy (non-hydrogen) atoms. The Hall–Kier alpha value is -1.30. The highest BCUT2D eigenvalue weighted by molar-refractivity contribution is 5.77. The number of unbranched alkanes of at least 4 members (excludes halogenated alkanes) is 4. The molecule has 1 heterocycles. The molecule has 1 saturated heterocycles. The molecule has 3 N–H and O–H groups in total. The molecule has 0 aromatic rings. The number of carbonyl (C=O) groups excluding carboxylic acids is 2. The Morgan fingerprint density at radius 2 is 2.05 bits per heavy atom. The largest absolute Gasteiger partial charge is 0.425 e. The van der Waals surface area contributed by atoms with E-state index in [1.54, 1.807) is 4.90 Å². The third kappa shape index (κ3) is 7.11. The number of nitrogens with one attached hydrogen (secondary N) is 1. The summed E-state index contributed by atoms with van der Waals surface area (Å²) < 4.78 is 5.39. The van der Waals surface area contributed by atoms with Gasteiger partial charge in [0.1, 0.15) is 0 Å². The summed E-state index contributed by atoms with van der Waals surface area (Å²) in [5.74, 6) is 0.103. The lowest BCUT2D eigenvalue weighted by molar-refractivity contribution is -0.138. The second kappa shape index (κ2) is 11.3. The zero-order valence-corrected chi connectivity index (χ0v) is 13.8. The Kier molecular flexibility index (Phi) is 9.62. The summed E-state index contributed by atoms with van der Waals surface area (Å²) >= 11 is 0. The monoisotopic (exact) mass is 313 g/mol. The van der Waals surface area contributed by atoms with Crippen LogP contribution in [0.4, 0.5) is 4.79 Å². The van der Waals surface area contributed by atoms with Crippen molar-refractivity contribution in [2.24, 2.45) is 5.73 Å². The highest BCUT2D eigenvalue weighted by Gasteiger charge is 2.31. The van der Waals surface area contributed by atoms with E-state index in [9.17, 15) is 9.59 Å². The number of likely N-dealkylation sites (tertiary alicyclic amines) is 1. The van der Waals surface area contributed by atoms with Crippen LogP contribution in [0.5, 0.6) is 0 Å². The van der Waals surface area contributed by atoms with Crippen LogP contribution in [-0.2, 0) is 9.53 Å². The van der Waals surface area contributed by atoms with Crippen LogP contribution in [0, 0.1) is 0 Å². The number of amides is 2. The molecule has 0 aromatic heterocycles. The van der Waals surface area contributed by atoms with Crippen LogP contribution in [-0.4, -0.2) is 42.8 Å². The number of carbonyl (C=O) groups is 2. The van der Waals surface area contributed by atoms with Gasteiger partial charge in [-0.1, -0.05) is 26.2 Å². The Morgan fingerprint density at radius 3 is 2.77 bits per heavy atom. The fourth-order valence-corrected chi connectivity index (χ4v) is 2.62. The number of ether oxygens (including phenoxy) is 1. The standard InChI is InChI=1S/C16H31N3O3/c1-2-3-5-9-14(20)19-13-8-10-15(19)22-16(21)18-12-7-4-6-11-17/h15H,2-13,17H2,1H3,(H,18,21)/t15-/m0/s1. The number of hydrogen-bond acceptors (Lipinski definition) is 4. The van der Waals surface area contributed by atoms with Crippen molar-refractivity contribution in [3.8, 4) is 0 Å². The quantitative estimate of drug-likeness (QED) is 0.606. The molecule has 2 amide bonds. The van der Waals surface area contributed by atoms with Gasteiger partial charge in [-0.3, -0.25) is 4.79 Å². The highest BCUT2D eigenvalue weighted by Crippen LogP contribution is 2.20. The second-order valence-corrected chi connectivity index (χ2v) is 5.82. The fourth-order valence-electron chi connectivity index (χ4n) is 2.62. The summed E-state index contributed by atoms with van der Waals surface area (Å²) in [6.45, 7) is 4.08. The van der Waals surface area contributed by atoms with E-state index in [1.807, 2.05) is 0 Å². The van der Waals surface area contributed by atoms with E-state index in [2.05, 4.69) is 12.2 Å². The summed E-state index contributed by atoms with van der Waals surface area (Å²) in [6.07, 6.45) is 7.31. The maximum atomic E-state index is 12.1. The summed E-state index contributed by atoms with van der Waals surface area (Å²) in [4.78, 5) is 25.6. The van der Waals surface area contributed by atoms with Gasteiger partial charge in [0, 0.05) is 25.9 Å². The minimum atomic E-state index is -0.425. The van der Waals surface area contributed by atoms with Crippen molar-refractivity contribution in [1.29, 1.82) is 0 Å². The topological polar surface area (TPSA) is 84.7 Å². The van der Waals surface area contributed by atoms with E-state index in [1.165, 1.54) is 0 Å². The van der Waals surface area contributed by atoms with Gasteiger partial charge in [-0.15, -0.1) is 0 Å². The van der Waals surface area contributed by atoms with E-state index in [-0.39, 0.29) is 5.91 Å². The lowest BCUT2D eigenvalue weighted by Gasteiger charge is -2.24. The van der Waals surface area contributed by atoms with Gasteiger partial charge in [-0.25, -0.2) is 4.79 Å². The van der Waals surface area contributed by atoms with Gasteiger partial charge in [-0.05, 0) is 32.2 Å². The number of alkyl carbamates (subject to hydrolysis) is 1. The second-order valence-electron chi connectivity index (χ2n) is 5.82. The summed E-state index contributed by atoms with van der Waals surface area (Å²) in [6, 6.07) is 0. The molecule has 1 atom stereocenters. The molecule has 1 rings (SSSR count). The van der Waals surface area contributed by atoms with E-state index >= 15 is 0 Å². The van der Waals surface area contributed by atoms with Crippen molar-refractivity contribution >= 4 is 12.0 Å². The summed E-state index contributed by atoms with van der Waals surface area (Å²) in [5.41, 5.74) is 5.42. The zero-order chi connectivity index (χ0) is 16.2. The lowest BCUT2D eigenvalue weighted by Crippen LogP contribution is -2.40. The first kappa shape index (κ1) is 18.7. The molecule has 0 bridgehead atoms. The van der Waals surface area contributed by atoms with Gasteiger partial charge >= 0.3 is 6.09 Å². The molecule has 1 fully saturated rings. The van der Waals surface area contributed by atoms with Crippen molar-refractivity contribution in [3.05, 3.63) is 0 Å². The van der Waals surface area contributed by atoms with E-state index in [0.717, 1.165) is 51.4 Å². The average Bonchev–Trinajstić information content (AvgIpc) is 2.95. The molecule has 1 aliphatic rings. The van der Waals surface area contributed by atoms with E-state index in [0.29, 0.717) is 26.1 Å². The van der Waals surface area contributed by atoms with Crippen molar-refractivity contribution < 1.29 is 14.3 Å². The molecule has 1 aliphatic heterocycles.